The maximum Gasteiger partial charge on any atom is 0.119 e. The molecule has 2 aromatic carbocycles. The van der Waals surface area contributed by atoms with E-state index in [0.717, 1.165) is 24.0 Å². The van der Waals surface area contributed by atoms with Crippen molar-refractivity contribution in [3.63, 3.8) is 0 Å². The van der Waals surface area contributed by atoms with Crippen LogP contribution in [0.25, 0.3) is 0 Å². The van der Waals surface area contributed by atoms with Crippen LogP contribution in [0.2, 0.25) is 0 Å². The average molecular weight is 537 g/mol. The number of aromatic hydroxyl groups is 2. The molecule has 0 bridgehead atoms. The van der Waals surface area contributed by atoms with Gasteiger partial charge in [-0.25, -0.2) is 0 Å². The zero-order valence-corrected chi connectivity index (χ0v) is 25.6. The molecule has 0 aliphatic heterocycles. The Hall–Kier alpha value is -1.96. The third-order valence-electron chi connectivity index (χ3n) is 8.31. The van der Waals surface area contributed by atoms with Crippen molar-refractivity contribution in [1.29, 1.82) is 0 Å². The van der Waals surface area contributed by atoms with E-state index >= 15 is 0 Å². The number of unbranched alkanes of at least 4 members (excludes halogenated alkanes) is 18. The highest BCUT2D eigenvalue weighted by Crippen LogP contribution is 2.28. The quantitative estimate of drug-likeness (QED) is 0.131. The second-order valence-electron chi connectivity index (χ2n) is 12.0. The van der Waals surface area contributed by atoms with Gasteiger partial charge in [-0.3, -0.25) is 0 Å². The summed E-state index contributed by atoms with van der Waals surface area (Å²) in [6.45, 7) is 4.55. The van der Waals surface area contributed by atoms with E-state index in [1.807, 2.05) is 12.1 Å². The molecule has 0 saturated carbocycles. The molecule has 0 atom stereocenters. The minimum atomic E-state index is 0.335. The molecule has 2 rings (SSSR count). The number of benzene rings is 2. The molecule has 0 aliphatic carbocycles. The Morgan fingerprint density at radius 2 is 0.718 bits per heavy atom. The van der Waals surface area contributed by atoms with E-state index in [2.05, 4.69) is 38.1 Å². The fraction of sp³-hybridized carbons (Fsp3) is 0.676. The van der Waals surface area contributed by atoms with Crippen LogP contribution in [0.4, 0.5) is 0 Å². The Morgan fingerprint density at radius 3 is 1.05 bits per heavy atom. The number of hydrogen-bond acceptors (Lipinski definition) is 2. The fourth-order valence-electron chi connectivity index (χ4n) is 5.71. The lowest BCUT2D eigenvalue weighted by Gasteiger charge is -2.11. The second kappa shape index (κ2) is 21.8. The molecule has 2 nitrogen and oxygen atoms in total. The summed E-state index contributed by atoms with van der Waals surface area (Å²) in [5.74, 6) is 0.669. The Kier molecular flexibility index (Phi) is 18.6. The largest absolute Gasteiger partial charge is 0.508 e. The summed E-state index contributed by atoms with van der Waals surface area (Å²) in [5, 5.41) is 21.1. The minimum Gasteiger partial charge on any atom is -0.508 e. The van der Waals surface area contributed by atoms with Crippen molar-refractivity contribution < 1.29 is 10.2 Å². The molecule has 0 unspecified atom stereocenters. The van der Waals surface area contributed by atoms with E-state index in [0.29, 0.717) is 17.9 Å². The summed E-state index contributed by atoms with van der Waals surface area (Å²) in [6.07, 6.45) is 29.7. The summed E-state index contributed by atoms with van der Waals surface area (Å²) in [6, 6.07) is 12.1. The van der Waals surface area contributed by atoms with Crippen molar-refractivity contribution in [2.75, 3.05) is 0 Å². The first kappa shape index (κ1) is 33.2. The summed E-state index contributed by atoms with van der Waals surface area (Å²) in [5.41, 5.74) is 4.43. The summed E-state index contributed by atoms with van der Waals surface area (Å²) < 4.78 is 0. The molecular weight excluding hydrogens is 476 g/mol. The van der Waals surface area contributed by atoms with Crippen LogP contribution in [0.5, 0.6) is 11.5 Å². The summed E-state index contributed by atoms with van der Waals surface area (Å²) in [7, 11) is 0. The van der Waals surface area contributed by atoms with Crippen LogP contribution in [0.1, 0.15) is 165 Å². The monoisotopic (exact) mass is 536 g/mol. The van der Waals surface area contributed by atoms with Gasteiger partial charge in [0, 0.05) is 6.42 Å². The molecule has 0 aliphatic rings. The van der Waals surface area contributed by atoms with E-state index in [1.54, 1.807) is 0 Å². The Labute approximate surface area is 241 Å². The molecule has 0 aromatic heterocycles. The van der Waals surface area contributed by atoms with Crippen molar-refractivity contribution in [3.05, 3.63) is 58.7 Å². The number of phenolic OH excluding ortho intramolecular Hbond substituents is 2. The molecule has 0 fully saturated rings. The predicted octanol–water partition coefficient (Wildman–Crippen LogP) is 11.6. The third kappa shape index (κ3) is 15.4. The highest BCUT2D eigenvalue weighted by Gasteiger charge is 2.09. The maximum absolute atomic E-state index is 10.5. The predicted molar refractivity (Wildman–Crippen MR) is 170 cm³/mol. The van der Waals surface area contributed by atoms with Gasteiger partial charge in [0.1, 0.15) is 11.5 Å². The van der Waals surface area contributed by atoms with Crippen LogP contribution in [0.15, 0.2) is 36.4 Å². The van der Waals surface area contributed by atoms with E-state index in [9.17, 15) is 10.2 Å². The normalized spacial score (nSPS) is 11.3. The van der Waals surface area contributed by atoms with E-state index in [4.69, 9.17) is 0 Å². The van der Waals surface area contributed by atoms with Crippen molar-refractivity contribution >= 4 is 0 Å². The van der Waals surface area contributed by atoms with Crippen molar-refractivity contribution in [2.45, 2.75) is 162 Å². The number of rotatable bonds is 24. The number of hydrogen-bond donors (Lipinski definition) is 2. The Bertz CT molecular complexity index is 800. The summed E-state index contributed by atoms with van der Waals surface area (Å²) in [4.78, 5) is 0. The third-order valence-corrected chi connectivity index (χ3v) is 8.31. The number of aryl methyl sites for hydroxylation is 2. The first-order valence-electron chi connectivity index (χ1n) is 16.8. The molecule has 220 valence electrons. The highest BCUT2D eigenvalue weighted by molar-refractivity contribution is 5.44. The molecule has 2 N–H and O–H groups in total. The molecule has 0 saturated heterocycles. The molecule has 39 heavy (non-hydrogen) atoms. The maximum atomic E-state index is 10.5. The topological polar surface area (TPSA) is 40.5 Å². The van der Waals surface area contributed by atoms with Gasteiger partial charge in [-0.1, -0.05) is 154 Å². The molecule has 0 heterocycles. The first-order valence-corrected chi connectivity index (χ1v) is 16.8. The van der Waals surface area contributed by atoms with Crippen molar-refractivity contribution in [1.82, 2.24) is 0 Å². The van der Waals surface area contributed by atoms with E-state index in [-0.39, 0.29) is 0 Å². The van der Waals surface area contributed by atoms with Crippen LogP contribution in [-0.4, -0.2) is 10.2 Å². The van der Waals surface area contributed by atoms with Crippen molar-refractivity contribution in [2.24, 2.45) is 0 Å². The van der Waals surface area contributed by atoms with Crippen LogP contribution in [0.3, 0.4) is 0 Å². The first-order chi connectivity index (χ1) is 19.1. The van der Waals surface area contributed by atoms with Gasteiger partial charge in [-0.05, 0) is 60.1 Å². The lowest BCUT2D eigenvalue weighted by atomic mass is 9.96. The van der Waals surface area contributed by atoms with Crippen LogP contribution in [0, 0.1) is 0 Å². The molecule has 2 heteroatoms. The lowest BCUT2D eigenvalue weighted by molar-refractivity contribution is 0.462. The minimum absolute atomic E-state index is 0.335. The van der Waals surface area contributed by atoms with E-state index < -0.39 is 0 Å². The second-order valence-corrected chi connectivity index (χ2v) is 12.0. The molecular formula is C37H60O2. The number of phenols is 2. The van der Waals surface area contributed by atoms with Crippen LogP contribution < -0.4 is 0 Å². The Morgan fingerprint density at radius 1 is 0.410 bits per heavy atom. The van der Waals surface area contributed by atoms with E-state index in [1.165, 1.54) is 140 Å². The van der Waals surface area contributed by atoms with Gasteiger partial charge in [-0.15, -0.1) is 0 Å². The molecule has 0 radical (unpaired) electrons. The lowest BCUT2D eigenvalue weighted by Crippen LogP contribution is -1.95. The van der Waals surface area contributed by atoms with Crippen molar-refractivity contribution in [3.8, 4) is 11.5 Å². The van der Waals surface area contributed by atoms with Gasteiger partial charge in [-0.2, -0.15) is 0 Å². The molecule has 0 spiro atoms. The van der Waals surface area contributed by atoms with Gasteiger partial charge >= 0.3 is 0 Å². The fourth-order valence-corrected chi connectivity index (χ4v) is 5.71. The van der Waals surface area contributed by atoms with Crippen LogP contribution in [-0.2, 0) is 19.3 Å². The van der Waals surface area contributed by atoms with Gasteiger partial charge in [0.15, 0.2) is 0 Å². The van der Waals surface area contributed by atoms with Gasteiger partial charge in [0.05, 0.1) is 0 Å². The standard InChI is InChI=1S/C37H60O2/c1-3-5-7-9-11-13-15-17-19-21-23-32-25-27-36(38)34(29-32)31-35-30-33(26-28-37(35)39)24-22-20-18-16-14-12-10-8-6-4-2/h25-30,38-39H,3-24,31H2,1-2H3. The highest BCUT2D eigenvalue weighted by atomic mass is 16.3. The zero-order chi connectivity index (χ0) is 28.0. The SMILES string of the molecule is CCCCCCCCCCCCc1ccc(O)c(Cc2cc(CCCCCCCCCCCC)ccc2O)c1. The smallest absolute Gasteiger partial charge is 0.119 e. The zero-order valence-electron chi connectivity index (χ0n) is 25.6. The van der Waals surface area contributed by atoms with Gasteiger partial charge in [0.25, 0.3) is 0 Å². The van der Waals surface area contributed by atoms with Gasteiger partial charge in [0.2, 0.25) is 0 Å². The summed E-state index contributed by atoms with van der Waals surface area (Å²) >= 11 is 0. The average Bonchev–Trinajstić information content (AvgIpc) is 2.94. The Balaban J connectivity index is 1.70. The van der Waals surface area contributed by atoms with Crippen LogP contribution >= 0.6 is 0 Å². The molecule has 0 amide bonds. The van der Waals surface area contributed by atoms with Gasteiger partial charge < -0.3 is 10.2 Å². The molecule has 2 aromatic rings.